The van der Waals surface area contributed by atoms with Crippen molar-refractivity contribution in [3.05, 3.63) is 29.8 Å². The van der Waals surface area contributed by atoms with Crippen molar-refractivity contribution in [2.45, 2.75) is 31.6 Å². The molecule has 1 aromatic rings. The Balaban J connectivity index is 1.97. The standard InChI is InChI=1S/C15H21F3N2O/c1-21-13-4-2-11(3-5-13)10-20-14(15(16,17)18)12-6-8-19-9-7-12/h2-5,12,14,19-20H,6-10H2,1H3. The monoisotopic (exact) mass is 302 g/mol. The van der Waals surface area contributed by atoms with Crippen LogP contribution in [0.2, 0.25) is 0 Å². The predicted octanol–water partition coefficient (Wildman–Crippen LogP) is 2.72. The highest BCUT2D eigenvalue weighted by Gasteiger charge is 2.44. The zero-order valence-corrected chi connectivity index (χ0v) is 12.0. The van der Waals surface area contributed by atoms with Gasteiger partial charge >= 0.3 is 6.18 Å². The van der Waals surface area contributed by atoms with Gasteiger partial charge in [-0.3, -0.25) is 0 Å². The SMILES string of the molecule is COc1ccc(CNC(C2CCNCC2)C(F)(F)F)cc1. The smallest absolute Gasteiger partial charge is 0.404 e. The third-order valence-electron chi connectivity index (χ3n) is 3.89. The van der Waals surface area contributed by atoms with Crippen LogP contribution in [0.5, 0.6) is 5.75 Å². The van der Waals surface area contributed by atoms with E-state index in [1.54, 1.807) is 31.4 Å². The molecule has 1 aromatic carbocycles. The molecule has 6 heteroatoms. The normalized spacial score (nSPS) is 18.5. The van der Waals surface area contributed by atoms with Gasteiger partial charge in [0.2, 0.25) is 0 Å². The van der Waals surface area contributed by atoms with Crippen molar-refractivity contribution in [2.75, 3.05) is 20.2 Å². The van der Waals surface area contributed by atoms with Crippen molar-refractivity contribution in [3.8, 4) is 5.75 Å². The summed E-state index contributed by atoms with van der Waals surface area (Å²) in [4.78, 5) is 0. The van der Waals surface area contributed by atoms with E-state index in [1.807, 2.05) is 0 Å². The van der Waals surface area contributed by atoms with E-state index in [-0.39, 0.29) is 12.5 Å². The number of hydrogen-bond acceptors (Lipinski definition) is 3. The number of nitrogens with one attached hydrogen (secondary N) is 2. The first kappa shape index (κ1) is 16.1. The van der Waals surface area contributed by atoms with Crippen molar-refractivity contribution >= 4 is 0 Å². The van der Waals surface area contributed by atoms with Gasteiger partial charge in [-0.1, -0.05) is 12.1 Å². The van der Waals surface area contributed by atoms with Crippen LogP contribution in [0.15, 0.2) is 24.3 Å². The highest BCUT2D eigenvalue weighted by Crippen LogP contribution is 2.30. The van der Waals surface area contributed by atoms with E-state index in [0.717, 1.165) is 5.56 Å². The first-order chi connectivity index (χ1) is 10.0. The zero-order valence-electron chi connectivity index (χ0n) is 12.0. The van der Waals surface area contributed by atoms with E-state index in [1.165, 1.54) is 0 Å². The summed E-state index contributed by atoms with van der Waals surface area (Å²) >= 11 is 0. The molecule has 1 atom stereocenters. The minimum absolute atomic E-state index is 0.206. The molecular formula is C15H21F3N2O. The second kappa shape index (κ2) is 7.13. The Morgan fingerprint density at radius 2 is 1.86 bits per heavy atom. The lowest BCUT2D eigenvalue weighted by Gasteiger charge is -2.32. The molecule has 1 unspecified atom stereocenters. The van der Waals surface area contributed by atoms with Crippen LogP contribution in [-0.2, 0) is 6.54 Å². The Morgan fingerprint density at radius 1 is 1.24 bits per heavy atom. The Kier molecular flexibility index (Phi) is 5.47. The van der Waals surface area contributed by atoms with Crippen LogP contribution >= 0.6 is 0 Å². The van der Waals surface area contributed by atoms with E-state index in [2.05, 4.69) is 10.6 Å². The van der Waals surface area contributed by atoms with Gasteiger partial charge in [-0.05, 0) is 49.5 Å². The lowest BCUT2D eigenvalue weighted by molar-refractivity contribution is -0.170. The molecule has 0 aromatic heterocycles. The van der Waals surface area contributed by atoms with E-state index in [4.69, 9.17) is 4.74 Å². The number of benzene rings is 1. The summed E-state index contributed by atoms with van der Waals surface area (Å²) in [6.07, 6.45) is -3.10. The summed E-state index contributed by atoms with van der Waals surface area (Å²) in [5.41, 5.74) is 0.819. The van der Waals surface area contributed by atoms with Gasteiger partial charge in [0.1, 0.15) is 11.8 Å². The van der Waals surface area contributed by atoms with Crippen molar-refractivity contribution in [2.24, 2.45) is 5.92 Å². The van der Waals surface area contributed by atoms with Gasteiger partial charge in [-0.25, -0.2) is 0 Å². The maximum Gasteiger partial charge on any atom is 0.404 e. The second-order valence-corrected chi connectivity index (χ2v) is 5.34. The molecule has 0 radical (unpaired) electrons. The van der Waals surface area contributed by atoms with E-state index < -0.39 is 12.2 Å². The lowest BCUT2D eigenvalue weighted by atomic mass is 9.89. The van der Waals surface area contributed by atoms with Crippen LogP contribution in [0.3, 0.4) is 0 Å². The number of halogens is 3. The van der Waals surface area contributed by atoms with Crippen LogP contribution in [0.25, 0.3) is 0 Å². The molecule has 2 rings (SSSR count). The van der Waals surface area contributed by atoms with E-state index in [9.17, 15) is 13.2 Å². The minimum Gasteiger partial charge on any atom is -0.497 e. The molecule has 1 aliphatic heterocycles. The summed E-state index contributed by atoms with van der Waals surface area (Å²) in [7, 11) is 1.56. The molecule has 0 bridgehead atoms. The number of rotatable bonds is 5. The largest absolute Gasteiger partial charge is 0.497 e. The molecule has 3 nitrogen and oxygen atoms in total. The third-order valence-corrected chi connectivity index (χ3v) is 3.89. The van der Waals surface area contributed by atoms with Gasteiger partial charge in [-0.15, -0.1) is 0 Å². The topological polar surface area (TPSA) is 33.3 Å². The average molecular weight is 302 g/mol. The maximum absolute atomic E-state index is 13.2. The summed E-state index contributed by atoms with van der Waals surface area (Å²) in [6, 6.07) is 5.62. The molecule has 0 amide bonds. The molecular weight excluding hydrogens is 281 g/mol. The number of ether oxygens (including phenoxy) is 1. The average Bonchev–Trinajstić information content (AvgIpc) is 2.48. The van der Waals surface area contributed by atoms with Crippen molar-refractivity contribution in [3.63, 3.8) is 0 Å². The van der Waals surface area contributed by atoms with E-state index in [0.29, 0.717) is 31.7 Å². The molecule has 118 valence electrons. The number of methoxy groups -OCH3 is 1. The molecule has 0 saturated carbocycles. The number of alkyl halides is 3. The molecule has 21 heavy (non-hydrogen) atoms. The van der Waals surface area contributed by atoms with Gasteiger partial charge in [-0.2, -0.15) is 13.2 Å². The summed E-state index contributed by atoms with van der Waals surface area (Å²) in [5.74, 6) is 0.342. The molecule has 1 aliphatic rings. The Bertz CT molecular complexity index is 428. The van der Waals surface area contributed by atoms with Gasteiger partial charge in [0, 0.05) is 6.54 Å². The first-order valence-corrected chi connectivity index (χ1v) is 7.14. The fourth-order valence-electron chi connectivity index (χ4n) is 2.70. The zero-order chi connectivity index (χ0) is 15.3. The van der Waals surface area contributed by atoms with Crippen LogP contribution in [0.4, 0.5) is 13.2 Å². The molecule has 0 aliphatic carbocycles. The molecule has 0 spiro atoms. The van der Waals surface area contributed by atoms with Gasteiger partial charge < -0.3 is 15.4 Å². The Morgan fingerprint density at radius 3 is 2.38 bits per heavy atom. The van der Waals surface area contributed by atoms with Crippen LogP contribution in [0.1, 0.15) is 18.4 Å². The predicted molar refractivity (Wildman–Crippen MR) is 75.3 cm³/mol. The van der Waals surface area contributed by atoms with Gasteiger partial charge in [0.05, 0.1) is 7.11 Å². The fraction of sp³-hybridized carbons (Fsp3) is 0.600. The molecule has 1 heterocycles. The number of piperidine rings is 1. The molecule has 2 N–H and O–H groups in total. The minimum atomic E-state index is -4.21. The van der Waals surface area contributed by atoms with Crippen LogP contribution in [0, 0.1) is 5.92 Å². The quantitative estimate of drug-likeness (QED) is 0.877. The highest BCUT2D eigenvalue weighted by atomic mass is 19.4. The summed E-state index contributed by atoms with van der Waals surface area (Å²) < 4.78 is 44.7. The summed E-state index contributed by atoms with van der Waals surface area (Å²) in [6.45, 7) is 1.51. The van der Waals surface area contributed by atoms with Crippen molar-refractivity contribution in [1.82, 2.24) is 10.6 Å². The molecule has 1 fully saturated rings. The van der Waals surface area contributed by atoms with Gasteiger partial charge in [0.25, 0.3) is 0 Å². The maximum atomic E-state index is 13.2. The van der Waals surface area contributed by atoms with Crippen molar-refractivity contribution < 1.29 is 17.9 Å². The third kappa shape index (κ3) is 4.61. The van der Waals surface area contributed by atoms with Gasteiger partial charge in [0.15, 0.2) is 0 Å². The molecule has 1 saturated heterocycles. The van der Waals surface area contributed by atoms with Crippen molar-refractivity contribution in [1.29, 1.82) is 0 Å². The van der Waals surface area contributed by atoms with Crippen LogP contribution in [-0.4, -0.2) is 32.4 Å². The Labute approximate surface area is 122 Å². The Hall–Kier alpha value is -1.27. The first-order valence-electron chi connectivity index (χ1n) is 7.14. The number of hydrogen-bond donors (Lipinski definition) is 2. The highest BCUT2D eigenvalue weighted by molar-refractivity contribution is 5.27. The summed E-state index contributed by atoms with van der Waals surface area (Å²) in [5, 5.41) is 5.79. The lowest BCUT2D eigenvalue weighted by Crippen LogP contribution is -2.50. The van der Waals surface area contributed by atoms with E-state index >= 15 is 0 Å². The van der Waals surface area contributed by atoms with Crippen LogP contribution < -0.4 is 15.4 Å². The second-order valence-electron chi connectivity index (χ2n) is 5.34. The fourth-order valence-corrected chi connectivity index (χ4v) is 2.70.